The van der Waals surface area contributed by atoms with Gasteiger partial charge in [-0.15, -0.1) is 0 Å². The maximum absolute atomic E-state index is 13.3. The SMILES string of the molecule is CCc1c(C(=O)C(C)C2CCC(=O)NC2=O)cccc1C1=CCCNCC1. The van der Waals surface area contributed by atoms with E-state index in [2.05, 4.69) is 29.7 Å². The number of rotatable bonds is 5. The zero-order valence-electron chi connectivity index (χ0n) is 16.1. The number of nitrogens with one attached hydrogen (secondary N) is 2. The van der Waals surface area contributed by atoms with Crippen LogP contribution in [0.1, 0.15) is 61.0 Å². The van der Waals surface area contributed by atoms with Crippen molar-refractivity contribution < 1.29 is 14.4 Å². The van der Waals surface area contributed by atoms with E-state index in [1.165, 1.54) is 5.57 Å². The van der Waals surface area contributed by atoms with E-state index in [4.69, 9.17) is 0 Å². The molecular weight excluding hydrogens is 340 g/mol. The first kappa shape index (κ1) is 19.5. The summed E-state index contributed by atoms with van der Waals surface area (Å²) in [5.41, 5.74) is 4.22. The molecule has 2 aliphatic heterocycles. The molecule has 2 unspecified atom stereocenters. The van der Waals surface area contributed by atoms with E-state index in [-0.39, 0.29) is 17.6 Å². The molecule has 5 nitrogen and oxygen atoms in total. The molecule has 2 heterocycles. The fourth-order valence-electron chi connectivity index (χ4n) is 4.16. The average molecular weight is 368 g/mol. The van der Waals surface area contributed by atoms with E-state index in [1.54, 1.807) is 0 Å². The summed E-state index contributed by atoms with van der Waals surface area (Å²) in [6, 6.07) is 5.92. The van der Waals surface area contributed by atoms with Crippen LogP contribution in [-0.4, -0.2) is 30.7 Å². The quantitative estimate of drug-likeness (QED) is 0.619. The van der Waals surface area contributed by atoms with Crippen LogP contribution >= 0.6 is 0 Å². The molecule has 0 saturated carbocycles. The van der Waals surface area contributed by atoms with Gasteiger partial charge in [-0.1, -0.05) is 38.1 Å². The third kappa shape index (κ3) is 4.19. The molecule has 5 heteroatoms. The van der Waals surface area contributed by atoms with Crippen LogP contribution in [0.2, 0.25) is 0 Å². The lowest BCUT2D eigenvalue weighted by molar-refractivity contribution is -0.137. The fraction of sp³-hybridized carbons (Fsp3) is 0.500. The lowest BCUT2D eigenvalue weighted by Crippen LogP contribution is -2.44. The predicted molar refractivity (Wildman–Crippen MR) is 105 cm³/mol. The molecule has 0 aliphatic carbocycles. The Balaban J connectivity index is 1.90. The van der Waals surface area contributed by atoms with Crippen molar-refractivity contribution in [3.05, 3.63) is 41.0 Å². The summed E-state index contributed by atoms with van der Waals surface area (Å²) in [6.45, 7) is 5.81. The first-order valence-electron chi connectivity index (χ1n) is 9.92. The Morgan fingerprint density at radius 1 is 1.22 bits per heavy atom. The number of piperidine rings is 1. The topological polar surface area (TPSA) is 75.3 Å². The molecule has 1 aromatic carbocycles. The number of amides is 2. The minimum absolute atomic E-state index is 0.00412. The molecule has 1 fully saturated rings. The molecule has 1 saturated heterocycles. The van der Waals surface area contributed by atoms with Crippen molar-refractivity contribution >= 4 is 23.2 Å². The van der Waals surface area contributed by atoms with Crippen LogP contribution in [0.3, 0.4) is 0 Å². The fourth-order valence-corrected chi connectivity index (χ4v) is 4.16. The maximum Gasteiger partial charge on any atom is 0.230 e. The Labute approximate surface area is 160 Å². The summed E-state index contributed by atoms with van der Waals surface area (Å²) in [6.07, 6.45) is 5.72. The number of benzene rings is 1. The van der Waals surface area contributed by atoms with E-state index < -0.39 is 11.8 Å². The molecule has 2 aliphatic rings. The second-order valence-electron chi connectivity index (χ2n) is 7.41. The normalized spacial score (nSPS) is 21.9. The minimum atomic E-state index is -0.441. The van der Waals surface area contributed by atoms with E-state index in [0.29, 0.717) is 18.4 Å². The Bertz CT molecular complexity index is 782. The highest BCUT2D eigenvalue weighted by atomic mass is 16.2. The molecular formula is C22H28N2O3. The van der Waals surface area contributed by atoms with Gasteiger partial charge in [-0.05, 0) is 55.5 Å². The van der Waals surface area contributed by atoms with Crippen LogP contribution in [-0.2, 0) is 16.0 Å². The number of carbonyl (C=O) groups excluding carboxylic acids is 3. The van der Waals surface area contributed by atoms with E-state index in [1.807, 2.05) is 19.1 Å². The van der Waals surface area contributed by atoms with Crippen LogP contribution < -0.4 is 10.6 Å². The van der Waals surface area contributed by atoms with E-state index >= 15 is 0 Å². The number of ketones is 1. The van der Waals surface area contributed by atoms with Crippen molar-refractivity contribution in [2.45, 2.75) is 46.0 Å². The average Bonchev–Trinajstić information content (AvgIpc) is 2.95. The van der Waals surface area contributed by atoms with Gasteiger partial charge >= 0.3 is 0 Å². The van der Waals surface area contributed by atoms with Gasteiger partial charge in [-0.25, -0.2) is 0 Å². The number of carbonyl (C=O) groups is 3. The first-order chi connectivity index (χ1) is 13.0. The minimum Gasteiger partial charge on any atom is -0.316 e. The molecule has 27 heavy (non-hydrogen) atoms. The van der Waals surface area contributed by atoms with Crippen molar-refractivity contribution in [3.63, 3.8) is 0 Å². The van der Waals surface area contributed by atoms with Crippen molar-refractivity contribution in [2.75, 3.05) is 13.1 Å². The highest BCUT2D eigenvalue weighted by Crippen LogP contribution is 2.31. The number of hydrogen-bond acceptors (Lipinski definition) is 4. The van der Waals surface area contributed by atoms with Crippen LogP contribution in [0.25, 0.3) is 5.57 Å². The van der Waals surface area contributed by atoms with Crippen molar-refractivity contribution in [1.82, 2.24) is 10.6 Å². The molecule has 0 spiro atoms. The van der Waals surface area contributed by atoms with Gasteiger partial charge in [-0.3, -0.25) is 19.7 Å². The van der Waals surface area contributed by atoms with Crippen LogP contribution in [0, 0.1) is 11.8 Å². The summed E-state index contributed by atoms with van der Waals surface area (Å²) >= 11 is 0. The van der Waals surface area contributed by atoms with Crippen LogP contribution in [0.5, 0.6) is 0 Å². The molecule has 0 aromatic heterocycles. The number of imide groups is 1. The Morgan fingerprint density at radius 2 is 2.04 bits per heavy atom. The molecule has 2 N–H and O–H groups in total. The summed E-state index contributed by atoms with van der Waals surface area (Å²) < 4.78 is 0. The smallest absolute Gasteiger partial charge is 0.230 e. The Hall–Kier alpha value is -2.27. The number of Topliss-reactive ketones (excluding diaryl/α,β-unsaturated/α-hetero) is 1. The largest absolute Gasteiger partial charge is 0.316 e. The zero-order chi connectivity index (χ0) is 19.4. The van der Waals surface area contributed by atoms with Gasteiger partial charge in [0.2, 0.25) is 11.8 Å². The van der Waals surface area contributed by atoms with Crippen molar-refractivity contribution in [1.29, 1.82) is 0 Å². The molecule has 0 bridgehead atoms. The highest BCUT2D eigenvalue weighted by molar-refractivity contribution is 6.05. The third-order valence-electron chi connectivity index (χ3n) is 5.72. The molecule has 0 radical (unpaired) electrons. The van der Waals surface area contributed by atoms with Gasteiger partial charge in [0.25, 0.3) is 0 Å². The monoisotopic (exact) mass is 368 g/mol. The molecule has 144 valence electrons. The highest BCUT2D eigenvalue weighted by Gasteiger charge is 2.35. The van der Waals surface area contributed by atoms with Crippen LogP contribution in [0.4, 0.5) is 0 Å². The summed E-state index contributed by atoms with van der Waals surface area (Å²) in [5.74, 6) is -1.45. The van der Waals surface area contributed by atoms with E-state index in [0.717, 1.165) is 43.5 Å². The van der Waals surface area contributed by atoms with Crippen LogP contribution in [0.15, 0.2) is 24.3 Å². The molecule has 3 rings (SSSR count). The van der Waals surface area contributed by atoms with Gasteiger partial charge in [-0.2, -0.15) is 0 Å². The first-order valence-corrected chi connectivity index (χ1v) is 9.92. The number of hydrogen-bond donors (Lipinski definition) is 2. The summed E-state index contributed by atoms with van der Waals surface area (Å²) in [5, 5.41) is 5.77. The second kappa shape index (κ2) is 8.61. The van der Waals surface area contributed by atoms with E-state index in [9.17, 15) is 14.4 Å². The maximum atomic E-state index is 13.3. The van der Waals surface area contributed by atoms with Gasteiger partial charge in [0.1, 0.15) is 0 Å². The molecule has 2 atom stereocenters. The Kier molecular flexibility index (Phi) is 6.22. The van der Waals surface area contributed by atoms with Gasteiger partial charge in [0, 0.05) is 23.8 Å². The van der Waals surface area contributed by atoms with Crippen molar-refractivity contribution in [2.24, 2.45) is 11.8 Å². The van der Waals surface area contributed by atoms with Gasteiger partial charge < -0.3 is 5.32 Å². The van der Waals surface area contributed by atoms with Gasteiger partial charge in [0.15, 0.2) is 5.78 Å². The Morgan fingerprint density at radius 3 is 2.78 bits per heavy atom. The van der Waals surface area contributed by atoms with Crippen molar-refractivity contribution in [3.8, 4) is 0 Å². The predicted octanol–water partition coefficient (Wildman–Crippen LogP) is 2.89. The molecule has 1 aromatic rings. The zero-order valence-corrected chi connectivity index (χ0v) is 16.1. The second-order valence-corrected chi connectivity index (χ2v) is 7.41. The van der Waals surface area contributed by atoms with Gasteiger partial charge in [0.05, 0.1) is 0 Å². The summed E-state index contributed by atoms with van der Waals surface area (Å²) in [7, 11) is 0. The third-order valence-corrected chi connectivity index (χ3v) is 5.72. The lowest BCUT2D eigenvalue weighted by atomic mass is 9.79. The lowest BCUT2D eigenvalue weighted by Gasteiger charge is -2.26. The summed E-state index contributed by atoms with van der Waals surface area (Å²) in [4.78, 5) is 36.8. The molecule has 2 amide bonds. The standard InChI is InChI=1S/C22H28N2O3/c1-3-16-18(15-6-5-12-23-13-11-15)7-4-8-19(16)21(26)14(2)17-9-10-20(25)24-22(17)27/h4,6-8,14,17,23H,3,5,9-13H2,1-2H3,(H,24,25,27).